The van der Waals surface area contributed by atoms with Crippen LogP contribution in [0.1, 0.15) is 13.3 Å². The number of ether oxygens (including phenoxy) is 1. The molecule has 2 rings (SSSR count). The van der Waals surface area contributed by atoms with Crippen molar-refractivity contribution in [2.45, 2.75) is 19.4 Å². The Kier molecular flexibility index (Phi) is 3.53. The second-order valence-corrected chi connectivity index (χ2v) is 4.54. The van der Waals surface area contributed by atoms with Gasteiger partial charge in [-0.05, 0) is 29.3 Å². The molecule has 2 heterocycles. The highest BCUT2D eigenvalue weighted by atomic mass is 79.9. The van der Waals surface area contributed by atoms with Crippen LogP contribution in [0.15, 0.2) is 17.0 Å². The van der Waals surface area contributed by atoms with Crippen molar-refractivity contribution in [2.24, 2.45) is 5.92 Å². The van der Waals surface area contributed by atoms with Crippen LogP contribution in [0.5, 0.6) is 0 Å². The Morgan fingerprint density at radius 2 is 2.40 bits per heavy atom. The van der Waals surface area contributed by atoms with E-state index in [1.165, 1.54) is 0 Å². The topological polar surface area (TPSA) is 47.0 Å². The van der Waals surface area contributed by atoms with Gasteiger partial charge in [0.1, 0.15) is 10.4 Å². The minimum atomic E-state index is 0.348. The fourth-order valence-electron chi connectivity index (χ4n) is 1.68. The molecule has 0 aromatic carbocycles. The number of aromatic nitrogens is 2. The summed E-state index contributed by atoms with van der Waals surface area (Å²) in [7, 11) is 0. The van der Waals surface area contributed by atoms with Crippen LogP contribution in [0.3, 0.4) is 0 Å². The number of nitrogens with zero attached hydrogens (tertiary/aromatic N) is 2. The van der Waals surface area contributed by atoms with Crippen molar-refractivity contribution in [1.29, 1.82) is 0 Å². The molecule has 2 unspecified atom stereocenters. The molecule has 1 aromatic heterocycles. The van der Waals surface area contributed by atoms with Gasteiger partial charge in [0.25, 0.3) is 0 Å². The highest BCUT2D eigenvalue weighted by Gasteiger charge is 2.23. The van der Waals surface area contributed by atoms with Crippen molar-refractivity contribution in [3.8, 4) is 0 Å². The molecule has 1 fully saturated rings. The minimum absolute atomic E-state index is 0.348. The largest absolute Gasteiger partial charge is 0.378 e. The van der Waals surface area contributed by atoms with Gasteiger partial charge in [0.15, 0.2) is 0 Å². The van der Waals surface area contributed by atoms with Gasteiger partial charge in [-0.25, -0.2) is 9.97 Å². The zero-order chi connectivity index (χ0) is 10.7. The van der Waals surface area contributed by atoms with E-state index < -0.39 is 0 Å². The molecule has 1 saturated heterocycles. The molecule has 4 nitrogen and oxygen atoms in total. The monoisotopic (exact) mass is 271 g/mol. The van der Waals surface area contributed by atoms with Gasteiger partial charge >= 0.3 is 0 Å². The third-order valence-electron chi connectivity index (χ3n) is 2.70. The quantitative estimate of drug-likeness (QED) is 0.915. The molecular formula is C10H14BrN3O. The lowest BCUT2D eigenvalue weighted by molar-refractivity contribution is 0.108. The summed E-state index contributed by atoms with van der Waals surface area (Å²) >= 11 is 3.25. The van der Waals surface area contributed by atoms with Crippen LogP contribution >= 0.6 is 15.9 Å². The molecule has 0 saturated carbocycles. The first-order valence-corrected chi connectivity index (χ1v) is 5.88. The molecule has 82 valence electrons. The Balaban J connectivity index is 1.85. The highest BCUT2D eigenvalue weighted by molar-refractivity contribution is 9.10. The van der Waals surface area contributed by atoms with E-state index in [-0.39, 0.29) is 0 Å². The summed E-state index contributed by atoms with van der Waals surface area (Å²) in [5.74, 6) is 1.40. The summed E-state index contributed by atoms with van der Waals surface area (Å²) in [6.07, 6.45) is 4.89. The molecule has 1 aliphatic rings. The first kappa shape index (κ1) is 10.8. The number of rotatable bonds is 3. The lowest BCUT2D eigenvalue weighted by Gasteiger charge is -2.14. The molecule has 5 heteroatoms. The molecule has 15 heavy (non-hydrogen) atoms. The van der Waals surface area contributed by atoms with Crippen LogP contribution in [0, 0.1) is 5.92 Å². The van der Waals surface area contributed by atoms with E-state index in [9.17, 15) is 0 Å². The van der Waals surface area contributed by atoms with Crippen LogP contribution in [0.4, 0.5) is 5.82 Å². The standard InChI is InChI=1S/C10H14BrN3O/c1-7-8(2-3-15-7)4-13-10-6-12-9(11)5-14-10/h5-8H,2-4H2,1H3,(H,13,14). The Morgan fingerprint density at radius 3 is 3.00 bits per heavy atom. The summed E-state index contributed by atoms with van der Waals surface area (Å²) in [6, 6.07) is 0. The molecule has 0 amide bonds. The van der Waals surface area contributed by atoms with Gasteiger partial charge in [0.05, 0.1) is 18.5 Å². The maximum absolute atomic E-state index is 5.49. The Hall–Kier alpha value is -0.680. The summed E-state index contributed by atoms with van der Waals surface area (Å²) in [4.78, 5) is 8.31. The Bertz CT molecular complexity index is 317. The number of halogens is 1. The van der Waals surface area contributed by atoms with Crippen molar-refractivity contribution in [2.75, 3.05) is 18.5 Å². The molecular weight excluding hydrogens is 258 g/mol. The van der Waals surface area contributed by atoms with E-state index in [0.29, 0.717) is 12.0 Å². The van der Waals surface area contributed by atoms with Gasteiger partial charge in [0, 0.05) is 19.1 Å². The molecule has 2 atom stereocenters. The van der Waals surface area contributed by atoms with Crippen LogP contribution < -0.4 is 5.32 Å². The van der Waals surface area contributed by atoms with Crippen LogP contribution in [0.25, 0.3) is 0 Å². The predicted molar refractivity (Wildman–Crippen MR) is 61.7 cm³/mol. The van der Waals surface area contributed by atoms with E-state index in [2.05, 4.69) is 38.1 Å². The number of anilines is 1. The summed E-state index contributed by atoms with van der Waals surface area (Å²) in [5, 5.41) is 3.27. The third kappa shape index (κ3) is 2.89. The average Bonchev–Trinajstić information content (AvgIpc) is 2.63. The van der Waals surface area contributed by atoms with Crippen molar-refractivity contribution in [1.82, 2.24) is 9.97 Å². The zero-order valence-corrected chi connectivity index (χ0v) is 10.2. The van der Waals surface area contributed by atoms with Gasteiger partial charge in [0.2, 0.25) is 0 Å². The van der Waals surface area contributed by atoms with E-state index >= 15 is 0 Å². The second-order valence-electron chi connectivity index (χ2n) is 3.73. The first-order chi connectivity index (χ1) is 7.25. The number of hydrogen-bond donors (Lipinski definition) is 1. The highest BCUT2D eigenvalue weighted by Crippen LogP contribution is 2.20. The number of nitrogens with one attached hydrogen (secondary N) is 1. The van der Waals surface area contributed by atoms with E-state index in [1.54, 1.807) is 12.4 Å². The van der Waals surface area contributed by atoms with E-state index in [4.69, 9.17) is 4.74 Å². The Morgan fingerprint density at radius 1 is 1.53 bits per heavy atom. The minimum Gasteiger partial charge on any atom is -0.378 e. The fraction of sp³-hybridized carbons (Fsp3) is 0.600. The van der Waals surface area contributed by atoms with Crippen LogP contribution in [-0.4, -0.2) is 29.2 Å². The van der Waals surface area contributed by atoms with Gasteiger partial charge in [-0.1, -0.05) is 0 Å². The SMILES string of the molecule is CC1OCCC1CNc1cnc(Br)cn1. The first-order valence-electron chi connectivity index (χ1n) is 5.09. The smallest absolute Gasteiger partial charge is 0.144 e. The number of hydrogen-bond acceptors (Lipinski definition) is 4. The van der Waals surface area contributed by atoms with E-state index in [0.717, 1.165) is 30.0 Å². The molecule has 0 spiro atoms. The normalized spacial score (nSPS) is 25.5. The predicted octanol–water partition coefficient (Wildman–Crippen LogP) is 2.08. The molecule has 0 aliphatic carbocycles. The van der Waals surface area contributed by atoms with Gasteiger partial charge in [-0.2, -0.15) is 0 Å². The lowest BCUT2D eigenvalue weighted by Crippen LogP contribution is -2.21. The van der Waals surface area contributed by atoms with Crippen molar-refractivity contribution >= 4 is 21.7 Å². The van der Waals surface area contributed by atoms with Crippen LogP contribution in [-0.2, 0) is 4.74 Å². The Labute approximate surface area is 97.6 Å². The fourth-order valence-corrected chi connectivity index (χ4v) is 1.89. The lowest BCUT2D eigenvalue weighted by atomic mass is 10.0. The molecule has 0 bridgehead atoms. The van der Waals surface area contributed by atoms with Gasteiger partial charge in [-0.3, -0.25) is 0 Å². The maximum atomic E-state index is 5.49. The zero-order valence-electron chi connectivity index (χ0n) is 8.61. The van der Waals surface area contributed by atoms with Crippen molar-refractivity contribution in [3.05, 3.63) is 17.0 Å². The molecule has 1 N–H and O–H groups in total. The molecule has 1 aromatic rings. The van der Waals surface area contributed by atoms with Gasteiger partial charge < -0.3 is 10.1 Å². The summed E-state index contributed by atoms with van der Waals surface area (Å²) in [6.45, 7) is 3.89. The maximum Gasteiger partial charge on any atom is 0.144 e. The van der Waals surface area contributed by atoms with Gasteiger partial charge in [-0.15, -0.1) is 0 Å². The molecule has 1 aliphatic heterocycles. The summed E-state index contributed by atoms with van der Waals surface area (Å²) in [5.41, 5.74) is 0. The van der Waals surface area contributed by atoms with Crippen molar-refractivity contribution < 1.29 is 4.74 Å². The van der Waals surface area contributed by atoms with E-state index in [1.807, 2.05) is 0 Å². The second kappa shape index (κ2) is 4.90. The van der Waals surface area contributed by atoms with Crippen molar-refractivity contribution in [3.63, 3.8) is 0 Å². The third-order valence-corrected chi connectivity index (χ3v) is 3.11. The molecule has 0 radical (unpaired) electrons. The summed E-state index contributed by atoms with van der Waals surface area (Å²) < 4.78 is 6.24. The van der Waals surface area contributed by atoms with Crippen LogP contribution in [0.2, 0.25) is 0 Å². The average molecular weight is 272 g/mol.